The summed E-state index contributed by atoms with van der Waals surface area (Å²) in [6.07, 6.45) is 2.34. The van der Waals surface area contributed by atoms with Gasteiger partial charge < -0.3 is 5.32 Å². The van der Waals surface area contributed by atoms with Gasteiger partial charge in [0.05, 0.1) is 12.6 Å². The smallest absolute Gasteiger partial charge is 0.0843 e. The number of hydrogen-bond acceptors (Lipinski definition) is 3. The third-order valence-electron chi connectivity index (χ3n) is 3.27. The molecule has 0 spiro atoms. The van der Waals surface area contributed by atoms with Crippen molar-refractivity contribution in [1.29, 1.82) is 5.26 Å². The number of nitrogens with zero attached hydrogens (tertiary/aromatic N) is 2. The van der Waals surface area contributed by atoms with Crippen LogP contribution in [0, 0.1) is 11.3 Å². The molecule has 0 aromatic heterocycles. The van der Waals surface area contributed by atoms with Gasteiger partial charge in [0, 0.05) is 24.2 Å². The molecule has 1 aromatic carbocycles. The molecular formula is C14H18ClN3. The van der Waals surface area contributed by atoms with Crippen molar-refractivity contribution in [2.24, 2.45) is 0 Å². The van der Waals surface area contributed by atoms with Gasteiger partial charge in [-0.1, -0.05) is 23.7 Å². The molecule has 1 atom stereocenters. The van der Waals surface area contributed by atoms with Gasteiger partial charge in [0.15, 0.2) is 0 Å². The highest BCUT2D eigenvalue weighted by Crippen LogP contribution is 2.16. The van der Waals surface area contributed by atoms with Crippen molar-refractivity contribution in [1.82, 2.24) is 10.2 Å². The van der Waals surface area contributed by atoms with Gasteiger partial charge in [-0.25, -0.2) is 0 Å². The van der Waals surface area contributed by atoms with Crippen molar-refractivity contribution in [2.75, 3.05) is 19.6 Å². The van der Waals surface area contributed by atoms with Crippen LogP contribution in [0.25, 0.3) is 0 Å². The van der Waals surface area contributed by atoms with E-state index in [9.17, 15) is 0 Å². The molecule has 1 aliphatic rings. The molecule has 1 fully saturated rings. The molecule has 1 saturated heterocycles. The highest BCUT2D eigenvalue weighted by molar-refractivity contribution is 6.30. The second-order valence-corrected chi connectivity index (χ2v) is 5.18. The van der Waals surface area contributed by atoms with E-state index < -0.39 is 0 Å². The average Bonchev–Trinajstić information content (AvgIpc) is 2.37. The minimum Gasteiger partial charge on any atom is -0.300 e. The summed E-state index contributed by atoms with van der Waals surface area (Å²) in [5, 5.41) is 12.7. The van der Waals surface area contributed by atoms with E-state index in [4.69, 9.17) is 16.9 Å². The van der Waals surface area contributed by atoms with Gasteiger partial charge >= 0.3 is 0 Å². The van der Waals surface area contributed by atoms with Crippen LogP contribution < -0.4 is 5.32 Å². The van der Waals surface area contributed by atoms with Gasteiger partial charge in [0.1, 0.15) is 0 Å². The fraction of sp³-hybridized carbons (Fsp3) is 0.500. The Morgan fingerprint density at radius 2 is 2.39 bits per heavy atom. The second kappa shape index (κ2) is 6.75. The standard InChI is InChI=1S/C14H18ClN3/c15-13-4-1-3-12(9-13)10-18-8-2-5-14(11-18)17-7-6-16/h1,3-4,9,14,17H,2,5,7-8,10-11H2. The normalized spacial score (nSPS) is 20.6. The Bertz CT molecular complexity index is 427. The number of nitrogens with one attached hydrogen (secondary N) is 1. The second-order valence-electron chi connectivity index (χ2n) is 4.74. The maximum atomic E-state index is 8.59. The highest BCUT2D eigenvalue weighted by atomic mass is 35.5. The van der Waals surface area contributed by atoms with Crippen LogP contribution in [0.5, 0.6) is 0 Å². The maximum Gasteiger partial charge on any atom is 0.0843 e. The first kappa shape index (κ1) is 13.4. The monoisotopic (exact) mass is 263 g/mol. The number of hydrogen-bond donors (Lipinski definition) is 1. The van der Waals surface area contributed by atoms with E-state index in [1.54, 1.807) is 0 Å². The molecule has 0 saturated carbocycles. The van der Waals surface area contributed by atoms with E-state index in [0.717, 1.165) is 31.1 Å². The van der Waals surface area contributed by atoms with Crippen LogP contribution in [0.2, 0.25) is 5.02 Å². The van der Waals surface area contributed by atoms with Crippen molar-refractivity contribution >= 4 is 11.6 Å². The fourth-order valence-corrected chi connectivity index (χ4v) is 2.66. The number of likely N-dealkylation sites (tertiary alicyclic amines) is 1. The minimum atomic E-state index is 0.440. The molecule has 3 nitrogen and oxygen atoms in total. The van der Waals surface area contributed by atoms with Crippen LogP contribution in [0.1, 0.15) is 18.4 Å². The highest BCUT2D eigenvalue weighted by Gasteiger charge is 2.19. The van der Waals surface area contributed by atoms with Crippen LogP contribution in [0.15, 0.2) is 24.3 Å². The molecule has 18 heavy (non-hydrogen) atoms. The number of halogens is 1. The molecular weight excluding hydrogens is 246 g/mol. The van der Waals surface area contributed by atoms with Crippen LogP contribution >= 0.6 is 11.6 Å². The Morgan fingerprint density at radius 3 is 3.17 bits per heavy atom. The summed E-state index contributed by atoms with van der Waals surface area (Å²) in [5.41, 5.74) is 1.25. The van der Waals surface area contributed by atoms with Crippen molar-refractivity contribution in [3.63, 3.8) is 0 Å². The van der Waals surface area contributed by atoms with Crippen LogP contribution in [-0.4, -0.2) is 30.6 Å². The predicted molar refractivity (Wildman–Crippen MR) is 73.4 cm³/mol. The van der Waals surface area contributed by atoms with E-state index in [2.05, 4.69) is 22.4 Å². The molecule has 0 amide bonds. The average molecular weight is 264 g/mol. The van der Waals surface area contributed by atoms with Gasteiger partial charge in [-0.2, -0.15) is 5.26 Å². The largest absolute Gasteiger partial charge is 0.300 e. The molecule has 1 aromatic rings. The zero-order valence-electron chi connectivity index (χ0n) is 10.4. The number of nitriles is 1. The van der Waals surface area contributed by atoms with Gasteiger partial charge in [-0.3, -0.25) is 4.90 Å². The topological polar surface area (TPSA) is 39.1 Å². The Morgan fingerprint density at radius 1 is 1.50 bits per heavy atom. The van der Waals surface area contributed by atoms with Gasteiger partial charge in [0.25, 0.3) is 0 Å². The Kier molecular flexibility index (Phi) is 5.00. The third kappa shape index (κ3) is 3.99. The third-order valence-corrected chi connectivity index (χ3v) is 3.51. The van der Waals surface area contributed by atoms with Crippen LogP contribution in [0.3, 0.4) is 0 Å². The number of piperidine rings is 1. The first-order chi connectivity index (χ1) is 8.78. The summed E-state index contributed by atoms with van der Waals surface area (Å²) in [5.74, 6) is 0. The lowest BCUT2D eigenvalue weighted by atomic mass is 10.0. The van der Waals surface area contributed by atoms with Crippen LogP contribution in [0.4, 0.5) is 0 Å². The Hall–Kier alpha value is -1.08. The van der Waals surface area contributed by atoms with Crippen molar-refractivity contribution < 1.29 is 0 Å². The predicted octanol–water partition coefficient (Wildman–Crippen LogP) is 2.42. The lowest BCUT2D eigenvalue weighted by molar-refractivity contribution is 0.186. The first-order valence-corrected chi connectivity index (χ1v) is 6.73. The lowest BCUT2D eigenvalue weighted by Crippen LogP contribution is -2.45. The van der Waals surface area contributed by atoms with Gasteiger partial charge in [-0.05, 0) is 37.1 Å². The van der Waals surface area contributed by atoms with E-state index in [1.165, 1.54) is 12.0 Å². The summed E-state index contributed by atoms with van der Waals surface area (Å²) in [6.45, 7) is 3.51. The molecule has 4 heteroatoms. The molecule has 1 aliphatic heterocycles. The zero-order valence-corrected chi connectivity index (χ0v) is 11.2. The summed E-state index contributed by atoms with van der Waals surface area (Å²) in [6, 6.07) is 10.6. The molecule has 1 unspecified atom stereocenters. The molecule has 1 heterocycles. The molecule has 0 radical (unpaired) electrons. The number of rotatable bonds is 4. The first-order valence-electron chi connectivity index (χ1n) is 6.35. The molecule has 0 bridgehead atoms. The molecule has 2 rings (SSSR count). The van der Waals surface area contributed by atoms with Gasteiger partial charge in [-0.15, -0.1) is 0 Å². The zero-order chi connectivity index (χ0) is 12.8. The summed E-state index contributed by atoms with van der Waals surface area (Å²) >= 11 is 5.99. The lowest BCUT2D eigenvalue weighted by Gasteiger charge is -2.32. The van der Waals surface area contributed by atoms with E-state index in [-0.39, 0.29) is 0 Å². The number of benzene rings is 1. The van der Waals surface area contributed by atoms with Crippen LogP contribution in [-0.2, 0) is 6.54 Å². The van der Waals surface area contributed by atoms with Crippen molar-refractivity contribution in [2.45, 2.75) is 25.4 Å². The van der Waals surface area contributed by atoms with E-state index in [1.807, 2.05) is 18.2 Å². The summed E-state index contributed by atoms with van der Waals surface area (Å²) in [4.78, 5) is 2.42. The minimum absolute atomic E-state index is 0.440. The quantitative estimate of drug-likeness (QED) is 0.848. The van der Waals surface area contributed by atoms with Gasteiger partial charge in [0.2, 0.25) is 0 Å². The van der Waals surface area contributed by atoms with E-state index >= 15 is 0 Å². The summed E-state index contributed by atoms with van der Waals surface area (Å²) < 4.78 is 0. The van der Waals surface area contributed by atoms with E-state index in [0.29, 0.717) is 12.6 Å². The summed E-state index contributed by atoms with van der Waals surface area (Å²) in [7, 11) is 0. The Labute approximate surface area is 113 Å². The Balaban J connectivity index is 1.87. The fourth-order valence-electron chi connectivity index (χ4n) is 2.45. The van der Waals surface area contributed by atoms with Crippen molar-refractivity contribution in [3.05, 3.63) is 34.9 Å². The maximum absolute atomic E-state index is 8.59. The SMILES string of the molecule is N#CCNC1CCCN(Cc2cccc(Cl)c2)C1. The molecule has 0 aliphatic carbocycles. The molecule has 96 valence electrons. The molecule has 1 N–H and O–H groups in total. The van der Waals surface area contributed by atoms with Crippen molar-refractivity contribution in [3.8, 4) is 6.07 Å².